The molecule has 0 aliphatic carbocycles. The molecule has 2 heterocycles. The molecule has 152 valence electrons. The number of nitrogens with zero attached hydrogens (tertiary/aromatic N) is 2. The predicted molar refractivity (Wildman–Crippen MR) is 110 cm³/mol. The van der Waals surface area contributed by atoms with Crippen molar-refractivity contribution in [3.8, 4) is 0 Å². The van der Waals surface area contributed by atoms with Crippen molar-refractivity contribution in [2.24, 2.45) is 10.3 Å². The maximum absolute atomic E-state index is 12.9. The van der Waals surface area contributed by atoms with Gasteiger partial charge in [0.2, 0.25) is 0 Å². The standard InChI is InChI=1S/C21H23N3O4S/c1-28-14-15-8-10-16(11-9-15)21(25)24-12-4-5-17(13-24)20-22-18-6-2-3-7-19(18)29(26,27)23-20/h2-3,6-11,17H,4-5,12-14H2,1H3,(H,22,23)/t17-/m0/s1. The number of ether oxygens (including phenoxy) is 1. The van der Waals surface area contributed by atoms with E-state index in [1.807, 2.05) is 12.1 Å². The molecule has 2 aromatic carbocycles. The van der Waals surface area contributed by atoms with Gasteiger partial charge < -0.3 is 15.0 Å². The minimum atomic E-state index is -3.73. The van der Waals surface area contributed by atoms with Crippen LogP contribution in [0.1, 0.15) is 28.8 Å². The fraction of sp³-hybridized carbons (Fsp3) is 0.333. The molecule has 1 saturated heterocycles. The van der Waals surface area contributed by atoms with Gasteiger partial charge in [0, 0.05) is 31.7 Å². The first-order valence-electron chi connectivity index (χ1n) is 9.56. The number of anilines is 1. The third kappa shape index (κ3) is 4.04. The van der Waals surface area contributed by atoms with Gasteiger partial charge >= 0.3 is 0 Å². The number of likely N-dealkylation sites (tertiary alicyclic amines) is 1. The highest BCUT2D eigenvalue weighted by molar-refractivity contribution is 7.90. The lowest BCUT2D eigenvalue weighted by Crippen LogP contribution is -2.44. The molecular formula is C21H23N3O4S. The first-order chi connectivity index (χ1) is 14.0. The van der Waals surface area contributed by atoms with E-state index in [1.165, 1.54) is 0 Å². The topological polar surface area (TPSA) is 88.1 Å². The molecule has 2 aliphatic rings. The first kappa shape index (κ1) is 19.6. The molecule has 0 bridgehead atoms. The number of para-hydroxylation sites is 1. The van der Waals surface area contributed by atoms with Crippen LogP contribution in [0, 0.1) is 5.92 Å². The molecular weight excluding hydrogens is 390 g/mol. The minimum absolute atomic E-state index is 0.0571. The summed E-state index contributed by atoms with van der Waals surface area (Å²) in [5.41, 5.74) is 2.15. The van der Waals surface area contributed by atoms with Gasteiger partial charge in [0.05, 0.1) is 12.3 Å². The number of carbonyl (C=O) groups excluding carboxylic acids is 1. The zero-order valence-corrected chi connectivity index (χ0v) is 17.0. The average Bonchev–Trinajstić information content (AvgIpc) is 2.74. The molecule has 1 fully saturated rings. The van der Waals surface area contributed by atoms with E-state index < -0.39 is 10.0 Å². The van der Waals surface area contributed by atoms with Crippen LogP contribution in [-0.4, -0.2) is 45.3 Å². The number of amidine groups is 1. The highest BCUT2D eigenvalue weighted by Gasteiger charge is 2.32. The van der Waals surface area contributed by atoms with Crippen molar-refractivity contribution in [2.75, 3.05) is 25.5 Å². The highest BCUT2D eigenvalue weighted by atomic mass is 32.2. The van der Waals surface area contributed by atoms with Crippen molar-refractivity contribution < 1.29 is 17.9 Å². The van der Waals surface area contributed by atoms with Crippen molar-refractivity contribution >= 4 is 27.5 Å². The fourth-order valence-corrected chi connectivity index (χ4v) is 4.99. The van der Waals surface area contributed by atoms with E-state index in [0.29, 0.717) is 36.8 Å². The number of fused-ring (bicyclic) bond motifs is 1. The summed E-state index contributed by atoms with van der Waals surface area (Å²) in [4.78, 5) is 14.9. The molecule has 2 aliphatic heterocycles. The maximum atomic E-state index is 12.9. The maximum Gasteiger partial charge on any atom is 0.286 e. The Morgan fingerprint density at radius 2 is 1.97 bits per heavy atom. The molecule has 8 heteroatoms. The molecule has 29 heavy (non-hydrogen) atoms. The SMILES string of the molecule is COCc1ccc(C(=O)N2CCC[C@H](C3=NS(=O)(=O)c4ccccc4N3)C2)cc1. The largest absolute Gasteiger partial charge is 0.380 e. The minimum Gasteiger partial charge on any atom is -0.380 e. The smallest absolute Gasteiger partial charge is 0.286 e. The van der Waals surface area contributed by atoms with E-state index in [1.54, 1.807) is 48.4 Å². The van der Waals surface area contributed by atoms with E-state index in [9.17, 15) is 13.2 Å². The number of rotatable bonds is 4. The Morgan fingerprint density at radius 1 is 1.21 bits per heavy atom. The molecule has 0 spiro atoms. The Labute approximate surface area is 170 Å². The number of benzene rings is 2. The summed E-state index contributed by atoms with van der Waals surface area (Å²) in [6, 6.07) is 14.1. The van der Waals surface area contributed by atoms with Crippen molar-refractivity contribution in [3.63, 3.8) is 0 Å². The Morgan fingerprint density at radius 3 is 2.72 bits per heavy atom. The molecule has 1 N–H and O–H groups in total. The van der Waals surface area contributed by atoms with Crippen molar-refractivity contribution in [1.29, 1.82) is 0 Å². The third-order valence-electron chi connectivity index (χ3n) is 5.25. The molecule has 0 unspecified atom stereocenters. The number of nitrogens with one attached hydrogen (secondary N) is 1. The van der Waals surface area contributed by atoms with Crippen LogP contribution in [0.25, 0.3) is 0 Å². The lowest BCUT2D eigenvalue weighted by molar-refractivity contribution is 0.0703. The van der Waals surface area contributed by atoms with Gasteiger partial charge in [-0.3, -0.25) is 4.79 Å². The number of hydrogen-bond acceptors (Lipinski definition) is 5. The van der Waals surface area contributed by atoms with Gasteiger partial charge in [-0.25, -0.2) is 0 Å². The van der Waals surface area contributed by atoms with E-state index >= 15 is 0 Å². The van der Waals surface area contributed by atoms with Crippen LogP contribution in [0.3, 0.4) is 0 Å². The lowest BCUT2D eigenvalue weighted by Gasteiger charge is -2.34. The van der Waals surface area contributed by atoms with E-state index in [0.717, 1.165) is 18.4 Å². The van der Waals surface area contributed by atoms with Crippen LogP contribution in [0.2, 0.25) is 0 Å². The van der Waals surface area contributed by atoms with E-state index in [-0.39, 0.29) is 16.7 Å². The van der Waals surface area contributed by atoms with Gasteiger partial charge in [-0.1, -0.05) is 24.3 Å². The fourth-order valence-electron chi connectivity index (χ4n) is 3.79. The van der Waals surface area contributed by atoms with Crippen LogP contribution in [0.15, 0.2) is 57.8 Å². The Kier molecular flexibility index (Phi) is 5.38. The van der Waals surface area contributed by atoms with Crippen molar-refractivity contribution in [1.82, 2.24) is 4.90 Å². The summed E-state index contributed by atoms with van der Waals surface area (Å²) in [5.74, 6) is 0.207. The molecule has 4 rings (SSSR count). The molecule has 0 aromatic heterocycles. The number of hydrogen-bond donors (Lipinski definition) is 1. The zero-order valence-electron chi connectivity index (χ0n) is 16.2. The van der Waals surface area contributed by atoms with Gasteiger partial charge in [0.1, 0.15) is 10.7 Å². The van der Waals surface area contributed by atoms with Gasteiger partial charge in [0.25, 0.3) is 15.9 Å². The Hall–Kier alpha value is -2.71. The summed E-state index contributed by atoms with van der Waals surface area (Å²) < 4.78 is 34.2. The molecule has 1 amide bonds. The number of sulfonamides is 1. The van der Waals surface area contributed by atoms with Crippen LogP contribution >= 0.6 is 0 Å². The number of methoxy groups -OCH3 is 1. The van der Waals surface area contributed by atoms with Crippen molar-refractivity contribution in [2.45, 2.75) is 24.3 Å². The van der Waals surface area contributed by atoms with Crippen LogP contribution in [-0.2, 0) is 21.4 Å². The third-order valence-corrected chi connectivity index (χ3v) is 6.60. The molecule has 2 aromatic rings. The van der Waals surface area contributed by atoms with E-state index in [4.69, 9.17) is 4.74 Å². The summed E-state index contributed by atoms with van der Waals surface area (Å²) in [7, 11) is -2.10. The van der Waals surface area contributed by atoms with Gasteiger partial charge in [-0.15, -0.1) is 4.40 Å². The molecule has 1 atom stereocenters. The second-order valence-corrected chi connectivity index (χ2v) is 8.87. The summed E-state index contributed by atoms with van der Waals surface area (Å²) >= 11 is 0. The Balaban J connectivity index is 1.51. The normalized spacial score (nSPS) is 20.4. The van der Waals surface area contributed by atoms with Gasteiger partial charge in [-0.2, -0.15) is 8.42 Å². The molecule has 7 nitrogen and oxygen atoms in total. The second-order valence-electron chi connectivity index (χ2n) is 7.29. The second kappa shape index (κ2) is 7.96. The quantitative estimate of drug-likeness (QED) is 0.833. The lowest BCUT2D eigenvalue weighted by atomic mass is 9.95. The van der Waals surface area contributed by atoms with Crippen LogP contribution < -0.4 is 5.32 Å². The van der Waals surface area contributed by atoms with Gasteiger partial charge in [-0.05, 0) is 42.7 Å². The number of piperidine rings is 1. The molecule has 0 saturated carbocycles. The van der Waals surface area contributed by atoms with Crippen molar-refractivity contribution in [3.05, 3.63) is 59.7 Å². The molecule has 0 radical (unpaired) electrons. The zero-order chi connectivity index (χ0) is 20.4. The monoisotopic (exact) mass is 413 g/mol. The summed E-state index contributed by atoms with van der Waals surface area (Å²) in [6.45, 7) is 1.58. The summed E-state index contributed by atoms with van der Waals surface area (Å²) in [5, 5.41) is 3.16. The predicted octanol–water partition coefficient (Wildman–Crippen LogP) is 2.90. The average molecular weight is 413 g/mol. The first-order valence-corrected chi connectivity index (χ1v) is 11.0. The summed E-state index contributed by atoms with van der Waals surface area (Å²) in [6.07, 6.45) is 1.57. The number of carbonyl (C=O) groups is 1. The van der Waals surface area contributed by atoms with Crippen LogP contribution in [0.5, 0.6) is 0 Å². The number of amides is 1. The Bertz CT molecular complexity index is 1050. The van der Waals surface area contributed by atoms with Crippen LogP contribution in [0.4, 0.5) is 5.69 Å². The highest BCUT2D eigenvalue weighted by Crippen LogP contribution is 2.30. The van der Waals surface area contributed by atoms with E-state index in [2.05, 4.69) is 9.71 Å². The van der Waals surface area contributed by atoms with Gasteiger partial charge in [0.15, 0.2) is 0 Å².